The van der Waals surface area contributed by atoms with Gasteiger partial charge in [0.1, 0.15) is 23.9 Å². The van der Waals surface area contributed by atoms with Crippen molar-refractivity contribution in [3.8, 4) is 11.3 Å². The lowest BCUT2D eigenvalue weighted by Crippen LogP contribution is -2.37. The van der Waals surface area contributed by atoms with Crippen LogP contribution in [-0.2, 0) is 22.5 Å². The van der Waals surface area contributed by atoms with Gasteiger partial charge in [-0.2, -0.15) is 0 Å². The Kier molecular flexibility index (Phi) is 5.63. The van der Waals surface area contributed by atoms with Gasteiger partial charge in [-0.25, -0.2) is 4.39 Å². The summed E-state index contributed by atoms with van der Waals surface area (Å²) < 4.78 is 24.7. The van der Waals surface area contributed by atoms with Gasteiger partial charge in [-0.3, -0.25) is 9.59 Å². The van der Waals surface area contributed by atoms with Gasteiger partial charge < -0.3 is 19.4 Å². The summed E-state index contributed by atoms with van der Waals surface area (Å²) >= 11 is 0. The maximum Gasteiger partial charge on any atom is 0.258 e. The number of ether oxygens (including phenoxy) is 1. The second kappa shape index (κ2) is 8.51. The summed E-state index contributed by atoms with van der Waals surface area (Å²) in [5.41, 5.74) is 2.38. The number of hydrogen-bond acceptors (Lipinski definition) is 4. The fourth-order valence-electron chi connectivity index (χ4n) is 3.46. The molecular formula is C23H21FN2O4. The molecule has 0 spiro atoms. The first-order valence-corrected chi connectivity index (χ1v) is 9.60. The zero-order valence-electron chi connectivity index (χ0n) is 16.5. The molecule has 0 saturated carbocycles. The van der Waals surface area contributed by atoms with Crippen molar-refractivity contribution in [2.24, 2.45) is 0 Å². The smallest absolute Gasteiger partial charge is 0.258 e. The summed E-state index contributed by atoms with van der Waals surface area (Å²) in [4.78, 5) is 26.0. The predicted molar refractivity (Wildman–Crippen MR) is 109 cm³/mol. The van der Waals surface area contributed by atoms with Crippen LogP contribution in [0.2, 0.25) is 0 Å². The number of furan rings is 1. The number of halogens is 1. The molecule has 0 fully saturated rings. The lowest BCUT2D eigenvalue weighted by molar-refractivity contribution is -0.136. The Morgan fingerprint density at radius 2 is 1.93 bits per heavy atom. The summed E-state index contributed by atoms with van der Waals surface area (Å²) in [6.45, 7) is 1.17. The number of anilines is 1. The third-order valence-corrected chi connectivity index (χ3v) is 5.03. The first-order valence-electron chi connectivity index (χ1n) is 9.60. The van der Waals surface area contributed by atoms with Gasteiger partial charge in [0, 0.05) is 43.4 Å². The fourth-order valence-corrected chi connectivity index (χ4v) is 3.46. The molecule has 30 heavy (non-hydrogen) atoms. The van der Waals surface area contributed by atoms with E-state index in [1.807, 2.05) is 18.2 Å². The summed E-state index contributed by atoms with van der Waals surface area (Å²) in [5.74, 6) is 0.471. The monoisotopic (exact) mass is 408 g/mol. The van der Waals surface area contributed by atoms with E-state index in [9.17, 15) is 14.0 Å². The van der Waals surface area contributed by atoms with E-state index in [1.54, 1.807) is 23.1 Å². The van der Waals surface area contributed by atoms with Crippen molar-refractivity contribution in [2.45, 2.75) is 13.0 Å². The van der Waals surface area contributed by atoms with Gasteiger partial charge in [0.15, 0.2) is 0 Å². The number of amides is 2. The van der Waals surface area contributed by atoms with Crippen LogP contribution < -0.4 is 5.32 Å². The summed E-state index contributed by atoms with van der Waals surface area (Å²) in [6.07, 6.45) is 0.654. The molecule has 0 unspecified atom stereocenters. The molecule has 1 aliphatic heterocycles. The third kappa shape index (κ3) is 4.11. The standard InChI is InChI=1S/C23H21FN2O4/c1-29-14-22(27)26-11-10-20-16(13-26)12-21(30-20)15-6-8-17(9-7-15)25-23(28)18-4-2-3-5-19(18)24/h2-9,12H,10-11,13-14H2,1H3,(H,25,28). The molecule has 0 bridgehead atoms. The number of hydrogen-bond donors (Lipinski definition) is 1. The molecule has 0 atom stereocenters. The van der Waals surface area contributed by atoms with Gasteiger partial charge in [0.25, 0.3) is 5.91 Å². The minimum absolute atomic E-state index is 0.00661. The number of carbonyl (C=O) groups is 2. The highest BCUT2D eigenvalue weighted by molar-refractivity contribution is 6.04. The lowest BCUT2D eigenvalue weighted by Gasteiger charge is -2.25. The molecule has 1 aliphatic rings. The van der Waals surface area contributed by atoms with Crippen molar-refractivity contribution < 1.29 is 23.1 Å². The Morgan fingerprint density at radius 3 is 2.67 bits per heavy atom. The van der Waals surface area contributed by atoms with Gasteiger partial charge >= 0.3 is 0 Å². The number of nitrogens with zero attached hydrogens (tertiary/aromatic N) is 1. The topological polar surface area (TPSA) is 71.8 Å². The van der Waals surface area contributed by atoms with E-state index in [0.29, 0.717) is 31.0 Å². The van der Waals surface area contributed by atoms with Crippen LogP contribution in [0.5, 0.6) is 0 Å². The average molecular weight is 408 g/mol. The van der Waals surface area contributed by atoms with Crippen LogP contribution in [0.1, 0.15) is 21.7 Å². The quantitative estimate of drug-likeness (QED) is 0.696. The average Bonchev–Trinajstić information content (AvgIpc) is 3.18. The molecule has 2 heterocycles. The summed E-state index contributed by atoms with van der Waals surface area (Å²) in [7, 11) is 1.51. The van der Waals surface area contributed by atoms with Crippen molar-refractivity contribution >= 4 is 17.5 Å². The zero-order valence-corrected chi connectivity index (χ0v) is 16.5. The van der Waals surface area contributed by atoms with Crippen LogP contribution in [0.3, 0.4) is 0 Å². The lowest BCUT2D eigenvalue weighted by atomic mass is 10.1. The molecule has 7 heteroatoms. The molecule has 4 rings (SSSR count). The maximum absolute atomic E-state index is 13.8. The number of benzene rings is 2. The van der Waals surface area contributed by atoms with Crippen molar-refractivity contribution in [3.05, 3.63) is 77.3 Å². The summed E-state index contributed by atoms with van der Waals surface area (Å²) in [5, 5.41) is 2.69. The second-order valence-corrected chi connectivity index (χ2v) is 7.07. The Balaban J connectivity index is 1.46. The number of nitrogens with one attached hydrogen (secondary N) is 1. The second-order valence-electron chi connectivity index (χ2n) is 7.07. The van der Waals surface area contributed by atoms with E-state index in [2.05, 4.69) is 5.32 Å². The Morgan fingerprint density at radius 1 is 1.17 bits per heavy atom. The number of carbonyl (C=O) groups excluding carboxylic acids is 2. The largest absolute Gasteiger partial charge is 0.461 e. The highest BCUT2D eigenvalue weighted by Gasteiger charge is 2.24. The van der Waals surface area contributed by atoms with Gasteiger partial charge in [-0.15, -0.1) is 0 Å². The van der Waals surface area contributed by atoms with Crippen LogP contribution in [0.15, 0.2) is 59.0 Å². The molecule has 2 aromatic carbocycles. The fraction of sp³-hybridized carbons (Fsp3) is 0.217. The van der Waals surface area contributed by atoms with Gasteiger partial charge in [0.05, 0.1) is 5.56 Å². The molecule has 3 aromatic rings. The van der Waals surface area contributed by atoms with Crippen LogP contribution in [0, 0.1) is 5.82 Å². The first kappa shape index (κ1) is 19.8. The van der Waals surface area contributed by atoms with Crippen LogP contribution >= 0.6 is 0 Å². The normalized spacial score (nSPS) is 13.1. The minimum atomic E-state index is -0.564. The van der Waals surface area contributed by atoms with E-state index >= 15 is 0 Å². The SMILES string of the molecule is COCC(=O)N1CCc2oc(-c3ccc(NC(=O)c4ccccc4F)cc3)cc2C1. The van der Waals surface area contributed by atoms with E-state index in [-0.39, 0.29) is 18.1 Å². The third-order valence-electron chi connectivity index (χ3n) is 5.03. The minimum Gasteiger partial charge on any atom is -0.461 e. The van der Waals surface area contributed by atoms with Crippen molar-refractivity contribution in [2.75, 3.05) is 25.6 Å². The predicted octanol–water partition coefficient (Wildman–Crippen LogP) is 3.87. The van der Waals surface area contributed by atoms with E-state index in [0.717, 1.165) is 16.9 Å². The Hall–Kier alpha value is -3.45. The number of methoxy groups -OCH3 is 1. The van der Waals surface area contributed by atoms with Crippen LogP contribution in [-0.4, -0.2) is 37.0 Å². The molecule has 0 radical (unpaired) electrons. The van der Waals surface area contributed by atoms with Crippen molar-refractivity contribution in [1.29, 1.82) is 0 Å². The maximum atomic E-state index is 13.8. The number of fused-ring (bicyclic) bond motifs is 1. The molecule has 0 aliphatic carbocycles. The van der Waals surface area contributed by atoms with Gasteiger partial charge in [-0.05, 0) is 42.5 Å². The molecule has 1 aromatic heterocycles. The molecule has 6 nitrogen and oxygen atoms in total. The Bertz CT molecular complexity index is 1080. The molecule has 1 N–H and O–H groups in total. The first-order chi connectivity index (χ1) is 14.5. The molecular weight excluding hydrogens is 387 g/mol. The van der Waals surface area contributed by atoms with Crippen LogP contribution in [0.4, 0.5) is 10.1 Å². The van der Waals surface area contributed by atoms with Crippen molar-refractivity contribution in [3.63, 3.8) is 0 Å². The van der Waals surface area contributed by atoms with Gasteiger partial charge in [-0.1, -0.05) is 12.1 Å². The Labute approximate surface area is 173 Å². The highest BCUT2D eigenvalue weighted by Crippen LogP contribution is 2.30. The van der Waals surface area contributed by atoms with E-state index < -0.39 is 11.7 Å². The number of rotatable bonds is 5. The van der Waals surface area contributed by atoms with E-state index in [1.165, 1.54) is 25.3 Å². The van der Waals surface area contributed by atoms with Crippen molar-refractivity contribution in [1.82, 2.24) is 4.90 Å². The zero-order chi connectivity index (χ0) is 21.1. The summed E-state index contributed by atoms with van der Waals surface area (Å²) in [6, 6.07) is 14.9. The van der Waals surface area contributed by atoms with E-state index in [4.69, 9.17) is 9.15 Å². The molecule has 154 valence electrons. The van der Waals surface area contributed by atoms with Crippen LogP contribution in [0.25, 0.3) is 11.3 Å². The van der Waals surface area contributed by atoms with Gasteiger partial charge in [0.2, 0.25) is 5.91 Å². The molecule has 0 saturated heterocycles. The highest BCUT2D eigenvalue weighted by atomic mass is 19.1. The molecule has 2 amide bonds.